The molecule has 0 aliphatic heterocycles. The van der Waals surface area contributed by atoms with Gasteiger partial charge in [-0.25, -0.2) is 0 Å². The molecular formula is C9H12NO. The lowest BCUT2D eigenvalue weighted by molar-refractivity contribution is 0.292. The van der Waals surface area contributed by atoms with Crippen molar-refractivity contribution in [2.75, 3.05) is 13.2 Å². The summed E-state index contributed by atoms with van der Waals surface area (Å²) >= 11 is 0. The second-order valence-electron chi connectivity index (χ2n) is 2.31. The van der Waals surface area contributed by atoms with Crippen molar-refractivity contribution in [3.63, 3.8) is 0 Å². The second kappa shape index (κ2) is 4.88. The van der Waals surface area contributed by atoms with Gasteiger partial charge in [0, 0.05) is 13.1 Å². The third-order valence-corrected chi connectivity index (χ3v) is 1.40. The summed E-state index contributed by atoms with van der Waals surface area (Å²) in [5.74, 6) is 0. The molecule has 0 aliphatic carbocycles. The van der Waals surface area contributed by atoms with Crippen LogP contribution in [0.4, 0.5) is 0 Å². The number of benzene rings is 1. The van der Waals surface area contributed by atoms with Crippen LogP contribution in [0.5, 0.6) is 0 Å². The van der Waals surface area contributed by atoms with Crippen LogP contribution in [-0.2, 0) is 6.54 Å². The lowest BCUT2D eigenvalue weighted by Crippen LogP contribution is -2.17. The Bertz CT molecular complexity index is 186. The van der Waals surface area contributed by atoms with Crippen molar-refractivity contribution in [2.45, 2.75) is 6.54 Å². The Morgan fingerprint density at radius 2 is 2.09 bits per heavy atom. The standard InChI is InChI=1S/C9H12NO/c11-7-6-10-8-9-4-2-1-3-5-9/h2-5,10-11H,6-8H2. The molecule has 1 aromatic carbocycles. The predicted molar refractivity (Wildman–Crippen MR) is 44.1 cm³/mol. The molecule has 0 heterocycles. The molecule has 0 aromatic heterocycles. The van der Waals surface area contributed by atoms with Crippen LogP contribution >= 0.6 is 0 Å². The van der Waals surface area contributed by atoms with Crippen LogP contribution < -0.4 is 5.32 Å². The quantitative estimate of drug-likeness (QED) is 0.615. The molecule has 0 spiro atoms. The monoisotopic (exact) mass is 150 g/mol. The van der Waals surface area contributed by atoms with Crippen LogP contribution in [0.3, 0.4) is 0 Å². The van der Waals surface area contributed by atoms with Gasteiger partial charge in [0.25, 0.3) is 0 Å². The highest BCUT2D eigenvalue weighted by molar-refractivity contribution is 5.13. The van der Waals surface area contributed by atoms with Gasteiger partial charge in [-0.1, -0.05) is 24.3 Å². The van der Waals surface area contributed by atoms with E-state index in [0.717, 1.165) is 6.54 Å². The number of aliphatic hydroxyl groups excluding tert-OH is 1. The molecular weight excluding hydrogens is 138 g/mol. The van der Waals surface area contributed by atoms with E-state index < -0.39 is 0 Å². The molecule has 0 atom stereocenters. The number of hydrogen-bond donors (Lipinski definition) is 2. The summed E-state index contributed by atoms with van der Waals surface area (Å²) < 4.78 is 0. The van der Waals surface area contributed by atoms with Crippen molar-refractivity contribution in [1.82, 2.24) is 5.32 Å². The average molecular weight is 150 g/mol. The third kappa shape index (κ3) is 3.16. The molecule has 0 bridgehead atoms. The van der Waals surface area contributed by atoms with Crippen LogP contribution in [0.15, 0.2) is 24.3 Å². The fourth-order valence-electron chi connectivity index (χ4n) is 0.851. The van der Waals surface area contributed by atoms with Crippen LogP contribution in [-0.4, -0.2) is 18.3 Å². The fraction of sp³-hybridized carbons (Fsp3) is 0.333. The van der Waals surface area contributed by atoms with Gasteiger partial charge in [-0.3, -0.25) is 0 Å². The molecule has 0 saturated carbocycles. The molecule has 0 fully saturated rings. The lowest BCUT2D eigenvalue weighted by Gasteiger charge is -2.00. The minimum Gasteiger partial charge on any atom is -0.395 e. The average Bonchev–Trinajstić information content (AvgIpc) is 2.07. The van der Waals surface area contributed by atoms with Gasteiger partial charge in [0.2, 0.25) is 0 Å². The zero-order chi connectivity index (χ0) is 7.94. The van der Waals surface area contributed by atoms with Gasteiger partial charge < -0.3 is 10.4 Å². The molecule has 0 aliphatic rings. The Hall–Kier alpha value is -0.860. The largest absolute Gasteiger partial charge is 0.395 e. The molecule has 2 nitrogen and oxygen atoms in total. The SMILES string of the molecule is OCCNCc1cc[c]cc1. The Balaban J connectivity index is 2.28. The zero-order valence-electron chi connectivity index (χ0n) is 6.38. The van der Waals surface area contributed by atoms with Gasteiger partial charge in [-0.2, -0.15) is 0 Å². The Labute approximate surface area is 66.9 Å². The van der Waals surface area contributed by atoms with Crippen LogP contribution in [0.1, 0.15) is 5.56 Å². The first kappa shape index (κ1) is 8.24. The van der Waals surface area contributed by atoms with E-state index in [0.29, 0.717) is 6.54 Å². The minimum atomic E-state index is 0.193. The third-order valence-electron chi connectivity index (χ3n) is 1.40. The second-order valence-corrected chi connectivity index (χ2v) is 2.31. The first-order valence-electron chi connectivity index (χ1n) is 3.70. The molecule has 0 saturated heterocycles. The summed E-state index contributed by atoms with van der Waals surface area (Å²) in [5.41, 5.74) is 1.22. The van der Waals surface area contributed by atoms with E-state index >= 15 is 0 Å². The lowest BCUT2D eigenvalue weighted by atomic mass is 10.2. The van der Waals surface area contributed by atoms with Crippen LogP contribution in [0.25, 0.3) is 0 Å². The van der Waals surface area contributed by atoms with E-state index in [4.69, 9.17) is 5.11 Å². The van der Waals surface area contributed by atoms with E-state index in [2.05, 4.69) is 11.4 Å². The summed E-state index contributed by atoms with van der Waals surface area (Å²) in [7, 11) is 0. The van der Waals surface area contributed by atoms with Gasteiger partial charge >= 0.3 is 0 Å². The van der Waals surface area contributed by atoms with Gasteiger partial charge in [0.15, 0.2) is 0 Å². The summed E-state index contributed by atoms with van der Waals surface area (Å²) in [4.78, 5) is 0. The summed E-state index contributed by atoms with van der Waals surface area (Å²) in [6, 6.07) is 10.7. The van der Waals surface area contributed by atoms with Crippen molar-refractivity contribution >= 4 is 0 Å². The molecule has 1 aromatic rings. The number of rotatable bonds is 4. The number of hydrogen-bond acceptors (Lipinski definition) is 2. The van der Waals surface area contributed by atoms with E-state index in [1.807, 2.05) is 24.3 Å². The molecule has 2 N–H and O–H groups in total. The number of nitrogens with one attached hydrogen (secondary N) is 1. The minimum absolute atomic E-state index is 0.193. The highest BCUT2D eigenvalue weighted by atomic mass is 16.3. The van der Waals surface area contributed by atoms with Crippen molar-refractivity contribution in [3.8, 4) is 0 Å². The van der Waals surface area contributed by atoms with Gasteiger partial charge in [-0.05, 0) is 11.6 Å². The van der Waals surface area contributed by atoms with Gasteiger partial charge in [0.05, 0.1) is 6.61 Å². The van der Waals surface area contributed by atoms with Crippen molar-refractivity contribution < 1.29 is 5.11 Å². The highest BCUT2D eigenvalue weighted by Gasteiger charge is 1.87. The zero-order valence-corrected chi connectivity index (χ0v) is 6.38. The molecule has 59 valence electrons. The maximum Gasteiger partial charge on any atom is 0.0556 e. The first-order chi connectivity index (χ1) is 5.43. The fourth-order valence-corrected chi connectivity index (χ4v) is 0.851. The molecule has 1 radical (unpaired) electrons. The maximum absolute atomic E-state index is 8.48. The topological polar surface area (TPSA) is 32.3 Å². The van der Waals surface area contributed by atoms with Crippen molar-refractivity contribution in [2.24, 2.45) is 0 Å². The van der Waals surface area contributed by atoms with Gasteiger partial charge in [0.1, 0.15) is 0 Å². The molecule has 1 rings (SSSR count). The van der Waals surface area contributed by atoms with E-state index in [-0.39, 0.29) is 6.61 Å². The predicted octanol–water partition coefficient (Wildman–Crippen LogP) is 0.569. The van der Waals surface area contributed by atoms with E-state index in [9.17, 15) is 0 Å². The van der Waals surface area contributed by atoms with Crippen LogP contribution in [0, 0.1) is 6.07 Å². The molecule has 11 heavy (non-hydrogen) atoms. The van der Waals surface area contributed by atoms with Crippen LogP contribution in [0.2, 0.25) is 0 Å². The van der Waals surface area contributed by atoms with E-state index in [1.54, 1.807) is 0 Å². The molecule has 0 unspecified atom stereocenters. The summed E-state index contributed by atoms with van der Waals surface area (Å²) in [6.45, 7) is 1.66. The summed E-state index contributed by atoms with van der Waals surface area (Å²) in [5, 5.41) is 11.6. The maximum atomic E-state index is 8.48. The van der Waals surface area contributed by atoms with Gasteiger partial charge in [-0.15, -0.1) is 0 Å². The Kier molecular flexibility index (Phi) is 3.65. The van der Waals surface area contributed by atoms with E-state index in [1.165, 1.54) is 5.56 Å². The molecule has 0 amide bonds. The first-order valence-corrected chi connectivity index (χ1v) is 3.70. The van der Waals surface area contributed by atoms with Crippen molar-refractivity contribution in [3.05, 3.63) is 35.9 Å². The normalized spacial score (nSPS) is 9.91. The number of aliphatic hydroxyl groups is 1. The highest BCUT2D eigenvalue weighted by Crippen LogP contribution is 1.95. The Morgan fingerprint density at radius 3 is 2.73 bits per heavy atom. The summed E-state index contributed by atoms with van der Waals surface area (Å²) in [6.07, 6.45) is 0. The van der Waals surface area contributed by atoms with Crippen molar-refractivity contribution in [1.29, 1.82) is 0 Å². The molecule has 2 heteroatoms. The smallest absolute Gasteiger partial charge is 0.0556 e. The Morgan fingerprint density at radius 1 is 1.36 bits per heavy atom.